The summed E-state index contributed by atoms with van der Waals surface area (Å²) in [6.07, 6.45) is 3.05. The quantitative estimate of drug-likeness (QED) is 0.700. The molecule has 2 N–H and O–H groups in total. The normalized spacial score (nSPS) is 33.8. The molecule has 0 aliphatic carbocycles. The summed E-state index contributed by atoms with van der Waals surface area (Å²) in [5, 5.41) is 0. The predicted molar refractivity (Wildman–Crippen MR) is 57.4 cm³/mol. The van der Waals surface area contributed by atoms with Crippen LogP contribution in [0.15, 0.2) is 0 Å². The maximum absolute atomic E-state index is 11.4. The lowest BCUT2D eigenvalue weighted by Crippen LogP contribution is -2.37. The number of hydrogen-bond donors (Lipinski definition) is 1. The van der Waals surface area contributed by atoms with Gasteiger partial charge in [-0.3, -0.25) is 4.79 Å². The second kappa shape index (κ2) is 6.08. The molecule has 4 heteroatoms. The van der Waals surface area contributed by atoms with E-state index in [1.807, 2.05) is 6.92 Å². The minimum atomic E-state index is -0.632. The lowest BCUT2D eigenvalue weighted by Gasteiger charge is -2.18. The molecule has 0 amide bonds. The first-order valence-corrected chi connectivity index (χ1v) is 5.67. The van der Waals surface area contributed by atoms with Crippen molar-refractivity contribution in [3.63, 3.8) is 0 Å². The summed E-state index contributed by atoms with van der Waals surface area (Å²) in [7, 11) is 0. The Balaban J connectivity index is 2.52. The van der Waals surface area contributed by atoms with Crippen LogP contribution < -0.4 is 5.73 Å². The maximum Gasteiger partial charge on any atom is 0.325 e. The van der Waals surface area contributed by atoms with Gasteiger partial charge in [-0.1, -0.05) is 13.3 Å². The fraction of sp³-hybridized carbons (Fsp3) is 0.909. The van der Waals surface area contributed by atoms with E-state index in [2.05, 4.69) is 6.92 Å². The Hall–Kier alpha value is -0.610. The summed E-state index contributed by atoms with van der Waals surface area (Å²) in [6.45, 7) is 5.02. The molecule has 0 aromatic rings. The number of carbonyl (C=O) groups is 1. The molecule has 3 atom stereocenters. The van der Waals surface area contributed by atoms with E-state index < -0.39 is 6.04 Å². The summed E-state index contributed by atoms with van der Waals surface area (Å²) < 4.78 is 10.6. The van der Waals surface area contributed by atoms with E-state index in [9.17, 15) is 4.79 Å². The summed E-state index contributed by atoms with van der Waals surface area (Å²) in [5.74, 6) is 0.128. The van der Waals surface area contributed by atoms with Crippen molar-refractivity contribution in [2.45, 2.75) is 45.3 Å². The fourth-order valence-corrected chi connectivity index (χ4v) is 1.91. The molecule has 1 aliphatic heterocycles. The van der Waals surface area contributed by atoms with Gasteiger partial charge in [0, 0.05) is 6.61 Å². The third-order valence-electron chi connectivity index (χ3n) is 2.63. The lowest BCUT2D eigenvalue weighted by molar-refractivity contribution is -0.150. The molecule has 4 nitrogen and oxygen atoms in total. The zero-order valence-corrected chi connectivity index (χ0v) is 9.57. The van der Waals surface area contributed by atoms with E-state index in [-0.39, 0.29) is 18.7 Å². The summed E-state index contributed by atoms with van der Waals surface area (Å²) in [6, 6.07) is -0.632. The second-order valence-corrected chi connectivity index (χ2v) is 4.28. The van der Waals surface area contributed by atoms with Crippen molar-refractivity contribution in [2.24, 2.45) is 11.7 Å². The van der Waals surface area contributed by atoms with Crippen LogP contribution in [0.3, 0.4) is 0 Å². The van der Waals surface area contributed by atoms with Gasteiger partial charge in [-0.2, -0.15) is 0 Å². The molecule has 1 aliphatic rings. The van der Waals surface area contributed by atoms with Crippen molar-refractivity contribution in [3.8, 4) is 0 Å². The van der Waals surface area contributed by atoms with Crippen molar-refractivity contribution in [3.05, 3.63) is 0 Å². The Morgan fingerprint density at radius 3 is 2.87 bits per heavy atom. The minimum Gasteiger partial charge on any atom is -0.461 e. The Morgan fingerprint density at radius 1 is 1.47 bits per heavy atom. The van der Waals surface area contributed by atoms with E-state index in [1.165, 1.54) is 0 Å². The van der Waals surface area contributed by atoms with Crippen LogP contribution in [0.1, 0.15) is 33.1 Å². The monoisotopic (exact) mass is 215 g/mol. The summed E-state index contributed by atoms with van der Waals surface area (Å²) >= 11 is 0. The number of carbonyl (C=O) groups excluding carboxylic acids is 1. The van der Waals surface area contributed by atoms with Gasteiger partial charge >= 0.3 is 5.97 Å². The van der Waals surface area contributed by atoms with E-state index in [0.29, 0.717) is 12.5 Å². The molecular formula is C11H21NO3. The summed E-state index contributed by atoms with van der Waals surface area (Å²) in [5.41, 5.74) is 5.60. The Kier molecular flexibility index (Phi) is 5.05. The smallest absolute Gasteiger partial charge is 0.325 e. The lowest BCUT2D eigenvalue weighted by atomic mass is 9.98. The van der Waals surface area contributed by atoms with Crippen LogP contribution in [0.4, 0.5) is 0 Å². The highest BCUT2D eigenvalue weighted by atomic mass is 16.5. The van der Waals surface area contributed by atoms with Crippen molar-refractivity contribution in [1.29, 1.82) is 0 Å². The van der Waals surface area contributed by atoms with Gasteiger partial charge in [-0.15, -0.1) is 0 Å². The maximum atomic E-state index is 11.4. The highest BCUT2D eigenvalue weighted by Crippen LogP contribution is 2.17. The van der Waals surface area contributed by atoms with E-state index in [1.54, 1.807) is 0 Å². The van der Waals surface area contributed by atoms with Gasteiger partial charge < -0.3 is 15.2 Å². The standard InChI is InChI=1S/C11H21NO3/c1-3-4-9-5-8(2)15-11(13)10(12)7-14-6-9/h8-10H,3-7,12H2,1-2H3/t8?,9?,10-/m0/s1. The van der Waals surface area contributed by atoms with E-state index >= 15 is 0 Å². The Bertz CT molecular complexity index is 208. The van der Waals surface area contributed by atoms with Gasteiger partial charge in [0.2, 0.25) is 0 Å². The second-order valence-electron chi connectivity index (χ2n) is 4.28. The Morgan fingerprint density at radius 2 is 2.20 bits per heavy atom. The topological polar surface area (TPSA) is 61.5 Å². The molecule has 88 valence electrons. The molecule has 2 unspecified atom stereocenters. The number of esters is 1. The largest absolute Gasteiger partial charge is 0.461 e. The molecule has 0 spiro atoms. The average molecular weight is 215 g/mol. The first kappa shape index (κ1) is 12.5. The molecule has 15 heavy (non-hydrogen) atoms. The first-order chi connectivity index (χ1) is 7.13. The molecule has 0 aromatic heterocycles. The van der Waals surface area contributed by atoms with Crippen LogP contribution in [0.5, 0.6) is 0 Å². The predicted octanol–water partition coefficient (Wildman–Crippen LogP) is 1.08. The number of cyclic esters (lactones) is 1. The van der Waals surface area contributed by atoms with E-state index in [4.69, 9.17) is 15.2 Å². The molecule has 1 rings (SSSR count). The zero-order chi connectivity index (χ0) is 11.3. The van der Waals surface area contributed by atoms with Gasteiger partial charge in [0.15, 0.2) is 0 Å². The van der Waals surface area contributed by atoms with Crippen LogP contribution in [0.2, 0.25) is 0 Å². The van der Waals surface area contributed by atoms with Crippen LogP contribution in [-0.4, -0.2) is 31.3 Å². The van der Waals surface area contributed by atoms with Gasteiger partial charge in [-0.25, -0.2) is 0 Å². The molecule has 1 saturated heterocycles. The number of ether oxygens (including phenoxy) is 2. The highest BCUT2D eigenvalue weighted by Gasteiger charge is 2.23. The third kappa shape index (κ3) is 4.18. The fourth-order valence-electron chi connectivity index (χ4n) is 1.91. The van der Waals surface area contributed by atoms with Crippen LogP contribution in [0, 0.1) is 5.92 Å². The van der Waals surface area contributed by atoms with E-state index in [0.717, 1.165) is 19.3 Å². The van der Waals surface area contributed by atoms with Crippen molar-refractivity contribution in [1.82, 2.24) is 0 Å². The molecule has 1 fully saturated rings. The summed E-state index contributed by atoms with van der Waals surface area (Å²) in [4.78, 5) is 11.4. The van der Waals surface area contributed by atoms with Crippen molar-refractivity contribution >= 4 is 5.97 Å². The molecule has 1 heterocycles. The zero-order valence-electron chi connectivity index (χ0n) is 9.57. The number of nitrogens with two attached hydrogens (primary N) is 1. The third-order valence-corrected chi connectivity index (χ3v) is 2.63. The molecule has 0 bridgehead atoms. The van der Waals surface area contributed by atoms with Gasteiger partial charge in [-0.05, 0) is 25.7 Å². The van der Waals surface area contributed by atoms with Crippen LogP contribution in [-0.2, 0) is 14.3 Å². The van der Waals surface area contributed by atoms with Gasteiger partial charge in [0.05, 0.1) is 12.7 Å². The van der Waals surface area contributed by atoms with Gasteiger partial charge in [0.1, 0.15) is 6.04 Å². The Labute approximate surface area is 91.1 Å². The number of rotatable bonds is 2. The number of hydrogen-bond acceptors (Lipinski definition) is 4. The van der Waals surface area contributed by atoms with Crippen molar-refractivity contribution in [2.75, 3.05) is 13.2 Å². The van der Waals surface area contributed by atoms with Gasteiger partial charge in [0.25, 0.3) is 0 Å². The first-order valence-electron chi connectivity index (χ1n) is 5.67. The molecule has 0 aromatic carbocycles. The SMILES string of the molecule is CCCC1COC[C@H](N)C(=O)OC(C)C1. The average Bonchev–Trinajstić information content (AvgIpc) is 2.21. The molecular weight excluding hydrogens is 194 g/mol. The van der Waals surface area contributed by atoms with Crippen LogP contribution in [0.25, 0.3) is 0 Å². The minimum absolute atomic E-state index is 0.0539. The van der Waals surface area contributed by atoms with Crippen molar-refractivity contribution < 1.29 is 14.3 Å². The highest BCUT2D eigenvalue weighted by molar-refractivity contribution is 5.75. The van der Waals surface area contributed by atoms with Crippen LogP contribution >= 0.6 is 0 Å². The molecule has 0 radical (unpaired) electrons. The molecule has 0 saturated carbocycles.